The van der Waals surface area contributed by atoms with Crippen molar-refractivity contribution in [1.82, 2.24) is 10.2 Å². The molecule has 0 aromatic rings. The van der Waals surface area contributed by atoms with Crippen molar-refractivity contribution in [3.05, 3.63) is 0 Å². The summed E-state index contributed by atoms with van der Waals surface area (Å²) < 4.78 is 0. The maximum Gasteiger partial charge on any atom is 0.225 e. The second kappa shape index (κ2) is 9.03. The largest absolute Gasteiger partial charge is 0.396 e. The Labute approximate surface area is 128 Å². The van der Waals surface area contributed by atoms with E-state index < -0.39 is 0 Å². The zero-order valence-corrected chi connectivity index (χ0v) is 13.6. The van der Waals surface area contributed by atoms with Gasteiger partial charge in [-0.1, -0.05) is 20.8 Å². The Bertz CT molecular complexity index is 344. The van der Waals surface area contributed by atoms with E-state index in [1.807, 2.05) is 25.7 Å². The molecule has 5 nitrogen and oxygen atoms in total. The van der Waals surface area contributed by atoms with Crippen molar-refractivity contribution in [3.8, 4) is 0 Å². The van der Waals surface area contributed by atoms with Crippen molar-refractivity contribution >= 4 is 11.8 Å². The number of nitrogens with zero attached hydrogens (tertiary/aromatic N) is 1. The Morgan fingerprint density at radius 2 is 2.10 bits per heavy atom. The van der Waals surface area contributed by atoms with E-state index in [9.17, 15) is 9.59 Å². The highest BCUT2D eigenvalue weighted by Crippen LogP contribution is 2.19. The van der Waals surface area contributed by atoms with Gasteiger partial charge in [-0.15, -0.1) is 0 Å². The lowest BCUT2D eigenvalue weighted by molar-refractivity contribution is -0.136. The highest BCUT2D eigenvalue weighted by atomic mass is 16.3. The zero-order chi connectivity index (χ0) is 15.8. The second-order valence-electron chi connectivity index (χ2n) is 6.30. The van der Waals surface area contributed by atoms with Gasteiger partial charge in [-0.2, -0.15) is 0 Å². The van der Waals surface area contributed by atoms with Gasteiger partial charge in [-0.25, -0.2) is 0 Å². The lowest BCUT2D eigenvalue weighted by Gasteiger charge is -2.33. The fraction of sp³-hybridized carbons (Fsp3) is 0.875. The quantitative estimate of drug-likeness (QED) is 0.749. The van der Waals surface area contributed by atoms with Crippen LogP contribution in [-0.4, -0.2) is 47.6 Å². The number of hydrogen-bond donors (Lipinski definition) is 2. The van der Waals surface area contributed by atoms with Crippen LogP contribution in [0.2, 0.25) is 0 Å². The van der Waals surface area contributed by atoms with Gasteiger partial charge in [0.1, 0.15) is 0 Å². The van der Waals surface area contributed by atoms with Crippen molar-refractivity contribution in [2.45, 2.75) is 58.9 Å². The van der Waals surface area contributed by atoms with Gasteiger partial charge in [0.15, 0.2) is 0 Å². The van der Waals surface area contributed by atoms with Gasteiger partial charge in [0.25, 0.3) is 0 Å². The van der Waals surface area contributed by atoms with Crippen LogP contribution >= 0.6 is 0 Å². The summed E-state index contributed by atoms with van der Waals surface area (Å²) in [6.07, 6.45) is 3.71. The number of carbonyl (C=O) groups excluding carboxylic acids is 2. The standard InChI is InChI=1S/C16H30N2O3/c1-4-6-15(20)18-9-5-7-13(11-18)16(21)17-14(8-10-19)12(2)3/h12-14,19H,4-11H2,1-3H3,(H,17,21). The average molecular weight is 298 g/mol. The molecule has 1 saturated heterocycles. The normalized spacial score (nSPS) is 20.4. The summed E-state index contributed by atoms with van der Waals surface area (Å²) in [5.74, 6) is 0.365. The van der Waals surface area contributed by atoms with E-state index in [2.05, 4.69) is 5.32 Å². The highest BCUT2D eigenvalue weighted by Gasteiger charge is 2.29. The summed E-state index contributed by atoms with van der Waals surface area (Å²) in [6, 6.07) is 0.00391. The number of hydrogen-bond acceptors (Lipinski definition) is 3. The molecule has 0 aromatic carbocycles. The Balaban J connectivity index is 2.55. The summed E-state index contributed by atoms with van der Waals surface area (Å²) in [5, 5.41) is 12.1. The minimum absolute atomic E-state index is 0.00391. The van der Waals surface area contributed by atoms with Crippen molar-refractivity contribution < 1.29 is 14.7 Å². The van der Waals surface area contributed by atoms with Crippen molar-refractivity contribution in [2.24, 2.45) is 11.8 Å². The number of nitrogens with one attached hydrogen (secondary N) is 1. The first-order valence-corrected chi connectivity index (χ1v) is 8.18. The fourth-order valence-electron chi connectivity index (χ4n) is 2.80. The molecule has 0 radical (unpaired) electrons. The van der Waals surface area contributed by atoms with Crippen LogP contribution in [0.3, 0.4) is 0 Å². The van der Waals surface area contributed by atoms with Gasteiger partial charge in [0, 0.05) is 32.2 Å². The molecule has 21 heavy (non-hydrogen) atoms. The molecule has 2 unspecified atom stereocenters. The van der Waals surface area contributed by atoms with E-state index in [0.29, 0.717) is 25.3 Å². The molecular formula is C16H30N2O3. The van der Waals surface area contributed by atoms with Crippen LogP contribution in [-0.2, 0) is 9.59 Å². The Morgan fingerprint density at radius 3 is 2.67 bits per heavy atom. The molecule has 0 spiro atoms. The summed E-state index contributed by atoms with van der Waals surface area (Å²) in [6.45, 7) is 7.46. The molecule has 1 aliphatic heterocycles. The van der Waals surface area contributed by atoms with Crippen LogP contribution in [0.15, 0.2) is 0 Å². The van der Waals surface area contributed by atoms with Gasteiger partial charge in [-0.05, 0) is 31.6 Å². The number of amides is 2. The minimum Gasteiger partial charge on any atom is -0.396 e. The van der Waals surface area contributed by atoms with Gasteiger partial charge in [0.2, 0.25) is 11.8 Å². The molecule has 2 atom stereocenters. The van der Waals surface area contributed by atoms with Crippen molar-refractivity contribution in [2.75, 3.05) is 19.7 Å². The Morgan fingerprint density at radius 1 is 1.38 bits per heavy atom. The SMILES string of the molecule is CCCC(=O)N1CCCC(C(=O)NC(CCO)C(C)C)C1. The van der Waals surface area contributed by atoms with E-state index in [-0.39, 0.29) is 30.4 Å². The van der Waals surface area contributed by atoms with Crippen molar-refractivity contribution in [3.63, 3.8) is 0 Å². The number of piperidine rings is 1. The van der Waals surface area contributed by atoms with E-state index >= 15 is 0 Å². The molecule has 122 valence electrons. The number of carbonyl (C=O) groups is 2. The smallest absolute Gasteiger partial charge is 0.225 e. The first kappa shape index (κ1) is 18.0. The van der Waals surface area contributed by atoms with Gasteiger partial charge in [-0.3, -0.25) is 9.59 Å². The molecule has 0 aromatic heterocycles. The molecule has 1 aliphatic rings. The van der Waals surface area contributed by atoms with Crippen molar-refractivity contribution in [1.29, 1.82) is 0 Å². The van der Waals surface area contributed by atoms with E-state index in [1.165, 1.54) is 0 Å². The lowest BCUT2D eigenvalue weighted by Crippen LogP contribution is -2.48. The number of likely N-dealkylation sites (tertiary alicyclic amines) is 1. The number of rotatable bonds is 7. The molecule has 0 saturated carbocycles. The predicted molar refractivity (Wildman–Crippen MR) is 82.7 cm³/mol. The molecule has 0 bridgehead atoms. The minimum atomic E-state index is -0.112. The number of aliphatic hydroxyl groups is 1. The average Bonchev–Trinajstić information content (AvgIpc) is 2.47. The summed E-state index contributed by atoms with van der Waals surface area (Å²) in [5.41, 5.74) is 0. The molecule has 1 fully saturated rings. The summed E-state index contributed by atoms with van der Waals surface area (Å²) in [4.78, 5) is 26.2. The molecule has 0 aliphatic carbocycles. The van der Waals surface area contributed by atoms with Crippen LogP contribution in [0.25, 0.3) is 0 Å². The van der Waals surface area contributed by atoms with Crippen LogP contribution in [0, 0.1) is 11.8 Å². The van der Waals surface area contributed by atoms with E-state index in [0.717, 1.165) is 25.8 Å². The monoisotopic (exact) mass is 298 g/mol. The van der Waals surface area contributed by atoms with Gasteiger partial charge in [0.05, 0.1) is 5.92 Å². The highest BCUT2D eigenvalue weighted by molar-refractivity contribution is 5.81. The first-order valence-electron chi connectivity index (χ1n) is 8.18. The molecule has 1 heterocycles. The van der Waals surface area contributed by atoms with Crippen LogP contribution in [0.4, 0.5) is 0 Å². The topological polar surface area (TPSA) is 69.6 Å². The lowest BCUT2D eigenvalue weighted by atomic mass is 9.94. The van der Waals surface area contributed by atoms with Crippen LogP contribution in [0.5, 0.6) is 0 Å². The zero-order valence-electron chi connectivity index (χ0n) is 13.6. The second-order valence-corrected chi connectivity index (χ2v) is 6.30. The third-order valence-electron chi connectivity index (χ3n) is 4.18. The Kier molecular flexibility index (Phi) is 7.72. The Hall–Kier alpha value is -1.10. The van der Waals surface area contributed by atoms with E-state index in [4.69, 9.17) is 5.11 Å². The van der Waals surface area contributed by atoms with Gasteiger partial charge >= 0.3 is 0 Å². The maximum atomic E-state index is 12.4. The molecule has 5 heteroatoms. The van der Waals surface area contributed by atoms with Crippen LogP contribution in [0.1, 0.15) is 52.9 Å². The van der Waals surface area contributed by atoms with Crippen LogP contribution < -0.4 is 5.32 Å². The van der Waals surface area contributed by atoms with Gasteiger partial charge < -0.3 is 15.3 Å². The molecular weight excluding hydrogens is 268 g/mol. The third kappa shape index (κ3) is 5.65. The first-order chi connectivity index (χ1) is 9.99. The van der Waals surface area contributed by atoms with E-state index in [1.54, 1.807) is 0 Å². The molecule has 1 rings (SSSR count). The summed E-state index contributed by atoms with van der Waals surface area (Å²) >= 11 is 0. The molecule has 2 N–H and O–H groups in total. The fourth-order valence-corrected chi connectivity index (χ4v) is 2.80. The maximum absolute atomic E-state index is 12.4. The molecule has 2 amide bonds. The summed E-state index contributed by atoms with van der Waals surface area (Å²) in [7, 11) is 0. The third-order valence-corrected chi connectivity index (χ3v) is 4.18. The predicted octanol–water partition coefficient (Wildman–Crippen LogP) is 1.55. The number of aliphatic hydroxyl groups excluding tert-OH is 1.